The summed E-state index contributed by atoms with van der Waals surface area (Å²) in [4.78, 5) is 8.19. The molecule has 0 bridgehead atoms. The molecule has 6 nitrogen and oxygen atoms in total. The second-order valence-corrected chi connectivity index (χ2v) is 8.18. The van der Waals surface area contributed by atoms with Crippen molar-refractivity contribution in [2.45, 2.75) is 18.4 Å². The fraction of sp³-hybridized carbons (Fsp3) is 0.111. The van der Waals surface area contributed by atoms with Gasteiger partial charge < -0.3 is 4.74 Å². The molecule has 0 aliphatic carbocycles. The van der Waals surface area contributed by atoms with E-state index < -0.39 is 10.0 Å². The summed E-state index contributed by atoms with van der Waals surface area (Å²) in [5.74, 6) is 0.0300. The number of halogens is 2. The summed E-state index contributed by atoms with van der Waals surface area (Å²) in [7, 11) is -3.83. The monoisotopic (exact) mass is 423 g/mol. The molecule has 0 fully saturated rings. The highest BCUT2D eigenvalue weighted by Crippen LogP contribution is 2.25. The topological polar surface area (TPSA) is 81.2 Å². The molecule has 9 heteroatoms. The van der Waals surface area contributed by atoms with E-state index in [9.17, 15) is 8.42 Å². The lowest BCUT2D eigenvalue weighted by Gasteiger charge is -2.12. The van der Waals surface area contributed by atoms with Crippen molar-refractivity contribution in [3.05, 3.63) is 76.0 Å². The minimum Gasteiger partial charge on any atom is -0.470 e. The Morgan fingerprint density at radius 1 is 1.04 bits per heavy atom. The van der Waals surface area contributed by atoms with Gasteiger partial charge in [-0.25, -0.2) is 18.4 Å². The van der Waals surface area contributed by atoms with Gasteiger partial charge in [0.05, 0.1) is 4.90 Å². The van der Waals surface area contributed by atoms with E-state index in [1.807, 2.05) is 6.92 Å². The number of nitrogens with zero attached hydrogens (tertiary/aromatic N) is 2. The largest absolute Gasteiger partial charge is 0.470 e. The highest BCUT2D eigenvalue weighted by atomic mass is 35.5. The lowest BCUT2D eigenvalue weighted by Crippen LogP contribution is -2.15. The number of sulfonamides is 1. The molecule has 140 valence electrons. The summed E-state index contributed by atoms with van der Waals surface area (Å²) in [6.07, 6.45) is 2.78. The van der Waals surface area contributed by atoms with E-state index in [4.69, 9.17) is 27.9 Å². The minimum absolute atomic E-state index is 0.0110. The van der Waals surface area contributed by atoms with Crippen LogP contribution in [0.1, 0.15) is 11.1 Å². The van der Waals surface area contributed by atoms with Gasteiger partial charge in [-0.2, -0.15) is 0 Å². The SMILES string of the molecule is Cc1ccc(S(=O)(=O)Nc2nccnc2OCc2ccc(Cl)cc2Cl)cc1. The minimum atomic E-state index is -3.83. The van der Waals surface area contributed by atoms with Crippen molar-refractivity contribution < 1.29 is 13.2 Å². The molecule has 27 heavy (non-hydrogen) atoms. The maximum absolute atomic E-state index is 12.6. The Kier molecular flexibility index (Phi) is 5.84. The quantitative estimate of drug-likeness (QED) is 0.632. The van der Waals surface area contributed by atoms with Crippen molar-refractivity contribution in [3.8, 4) is 5.88 Å². The van der Waals surface area contributed by atoms with Crippen molar-refractivity contribution in [2.75, 3.05) is 4.72 Å². The summed E-state index contributed by atoms with van der Waals surface area (Å²) in [5, 5.41) is 0.947. The predicted molar refractivity (Wildman–Crippen MR) is 105 cm³/mol. The summed E-state index contributed by atoms with van der Waals surface area (Å²) >= 11 is 12.0. The van der Waals surface area contributed by atoms with Crippen molar-refractivity contribution in [3.63, 3.8) is 0 Å². The molecule has 1 heterocycles. The number of anilines is 1. The molecule has 1 N–H and O–H groups in total. The van der Waals surface area contributed by atoms with E-state index in [0.717, 1.165) is 5.56 Å². The average molecular weight is 424 g/mol. The molecular weight excluding hydrogens is 409 g/mol. The van der Waals surface area contributed by atoms with Crippen LogP contribution in [0.3, 0.4) is 0 Å². The summed E-state index contributed by atoms with van der Waals surface area (Å²) in [5.41, 5.74) is 1.64. The molecule has 0 atom stereocenters. The fourth-order valence-electron chi connectivity index (χ4n) is 2.19. The van der Waals surface area contributed by atoms with Gasteiger partial charge >= 0.3 is 0 Å². The van der Waals surface area contributed by atoms with Gasteiger partial charge in [-0.1, -0.05) is 47.0 Å². The molecule has 0 spiro atoms. The summed E-state index contributed by atoms with van der Waals surface area (Å²) in [6.45, 7) is 1.95. The van der Waals surface area contributed by atoms with Gasteiger partial charge in [0.1, 0.15) is 6.61 Å². The van der Waals surface area contributed by atoms with Crippen LogP contribution in [0.15, 0.2) is 59.8 Å². The number of hydrogen-bond acceptors (Lipinski definition) is 5. The number of aromatic nitrogens is 2. The molecule has 2 aromatic carbocycles. The molecule has 0 amide bonds. The first-order valence-electron chi connectivity index (χ1n) is 7.82. The van der Waals surface area contributed by atoms with Crippen molar-refractivity contribution in [1.82, 2.24) is 9.97 Å². The number of nitrogens with one attached hydrogen (secondary N) is 1. The van der Waals surface area contributed by atoms with Gasteiger partial charge in [-0.3, -0.25) is 4.72 Å². The molecule has 3 rings (SSSR count). The molecule has 3 aromatic rings. The maximum Gasteiger partial charge on any atom is 0.263 e. The predicted octanol–water partition coefficient (Wildman–Crippen LogP) is 4.47. The highest BCUT2D eigenvalue weighted by molar-refractivity contribution is 7.92. The van der Waals surface area contributed by atoms with E-state index in [-0.39, 0.29) is 23.2 Å². The Morgan fingerprint density at radius 2 is 1.74 bits per heavy atom. The van der Waals surface area contributed by atoms with Crippen LogP contribution in [0.2, 0.25) is 10.0 Å². The van der Waals surface area contributed by atoms with Crippen LogP contribution >= 0.6 is 23.2 Å². The third-order valence-electron chi connectivity index (χ3n) is 3.61. The van der Waals surface area contributed by atoms with E-state index in [2.05, 4.69) is 14.7 Å². The van der Waals surface area contributed by atoms with Crippen molar-refractivity contribution in [2.24, 2.45) is 0 Å². The second kappa shape index (κ2) is 8.12. The van der Waals surface area contributed by atoms with Crippen LogP contribution in [0.4, 0.5) is 5.82 Å². The first-order valence-corrected chi connectivity index (χ1v) is 10.1. The fourth-order valence-corrected chi connectivity index (χ4v) is 3.66. The van der Waals surface area contributed by atoms with E-state index in [0.29, 0.717) is 15.6 Å². The molecular formula is C18H15Cl2N3O3S. The number of rotatable bonds is 6. The van der Waals surface area contributed by atoms with Crippen molar-refractivity contribution >= 4 is 39.0 Å². The number of hydrogen-bond donors (Lipinski definition) is 1. The lowest BCUT2D eigenvalue weighted by atomic mass is 10.2. The maximum atomic E-state index is 12.6. The lowest BCUT2D eigenvalue weighted by molar-refractivity contribution is 0.294. The third-order valence-corrected chi connectivity index (χ3v) is 5.55. The van der Waals surface area contributed by atoms with Crippen LogP contribution in [-0.4, -0.2) is 18.4 Å². The summed E-state index contributed by atoms with van der Waals surface area (Å²) in [6, 6.07) is 11.5. The van der Waals surface area contributed by atoms with Crippen molar-refractivity contribution in [1.29, 1.82) is 0 Å². The smallest absolute Gasteiger partial charge is 0.263 e. The van der Waals surface area contributed by atoms with Gasteiger partial charge in [0.15, 0.2) is 0 Å². The molecule has 0 saturated carbocycles. The van der Waals surface area contributed by atoms with Crippen LogP contribution in [0.5, 0.6) is 5.88 Å². The van der Waals surface area contributed by atoms with Gasteiger partial charge in [0.2, 0.25) is 5.82 Å². The van der Waals surface area contributed by atoms with Gasteiger partial charge in [0.25, 0.3) is 15.9 Å². The van der Waals surface area contributed by atoms with Gasteiger partial charge in [-0.15, -0.1) is 0 Å². The Balaban J connectivity index is 1.80. The highest BCUT2D eigenvalue weighted by Gasteiger charge is 2.18. The summed E-state index contributed by atoms with van der Waals surface area (Å²) < 4.78 is 33.1. The Labute approximate surface area is 167 Å². The van der Waals surface area contributed by atoms with E-state index in [1.165, 1.54) is 24.5 Å². The first-order chi connectivity index (χ1) is 12.8. The Bertz CT molecular complexity index is 1060. The zero-order valence-corrected chi connectivity index (χ0v) is 16.5. The van der Waals surface area contributed by atoms with Gasteiger partial charge in [-0.05, 0) is 31.2 Å². The standard InChI is InChI=1S/C18H15Cl2N3O3S/c1-12-2-6-15(7-3-12)27(24,25)23-17-18(22-9-8-21-17)26-11-13-4-5-14(19)10-16(13)20/h2-10H,11H2,1H3,(H,21,23). The Hall–Kier alpha value is -2.35. The average Bonchev–Trinajstić information content (AvgIpc) is 2.62. The number of ether oxygens (including phenoxy) is 1. The van der Waals surface area contributed by atoms with E-state index in [1.54, 1.807) is 30.3 Å². The van der Waals surface area contributed by atoms with Crippen LogP contribution in [0, 0.1) is 6.92 Å². The molecule has 0 radical (unpaired) electrons. The van der Waals surface area contributed by atoms with Crippen LogP contribution in [-0.2, 0) is 16.6 Å². The zero-order chi connectivity index (χ0) is 19.4. The zero-order valence-electron chi connectivity index (χ0n) is 14.2. The number of aryl methyl sites for hydroxylation is 1. The second-order valence-electron chi connectivity index (χ2n) is 5.65. The molecule has 0 aliphatic rings. The van der Waals surface area contributed by atoms with E-state index >= 15 is 0 Å². The molecule has 1 aromatic heterocycles. The normalized spacial score (nSPS) is 11.2. The van der Waals surface area contributed by atoms with Crippen LogP contribution < -0.4 is 9.46 Å². The van der Waals surface area contributed by atoms with Crippen LogP contribution in [0.25, 0.3) is 0 Å². The molecule has 0 unspecified atom stereocenters. The molecule has 0 aliphatic heterocycles. The van der Waals surface area contributed by atoms with Gasteiger partial charge in [0, 0.05) is 28.0 Å². The Morgan fingerprint density at radius 3 is 2.44 bits per heavy atom. The molecule has 0 saturated heterocycles. The number of benzene rings is 2. The third kappa shape index (κ3) is 4.88. The first kappa shape index (κ1) is 19.4.